The Morgan fingerprint density at radius 2 is 1.77 bits per heavy atom. The van der Waals surface area contributed by atoms with E-state index < -0.39 is 44.8 Å². The third-order valence-corrected chi connectivity index (χ3v) is 8.68. The first kappa shape index (κ1) is 30.5. The van der Waals surface area contributed by atoms with E-state index in [1.54, 1.807) is 6.92 Å². The second-order valence-corrected chi connectivity index (χ2v) is 12.4. The largest absolute Gasteiger partial charge is 0.598 e. The van der Waals surface area contributed by atoms with E-state index in [1.165, 1.54) is 49.0 Å². The summed E-state index contributed by atoms with van der Waals surface area (Å²) < 4.78 is 72.2. The van der Waals surface area contributed by atoms with Crippen LogP contribution in [0.25, 0.3) is 11.1 Å². The van der Waals surface area contributed by atoms with Gasteiger partial charge in [0.2, 0.25) is 10.0 Å². The molecule has 0 bridgehead atoms. The summed E-state index contributed by atoms with van der Waals surface area (Å²) in [4.78, 5) is 26.1. The smallest absolute Gasteiger partial charge is 0.250 e. The van der Waals surface area contributed by atoms with Crippen LogP contribution in [0.5, 0.6) is 0 Å². The predicted molar refractivity (Wildman–Crippen MR) is 149 cm³/mol. The van der Waals surface area contributed by atoms with E-state index in [-0.39, 0.29) is 33.7 Å². The van der Waals surface area contributed by atoms with Gasteiger partial charge in [-0.05, 0) is 67.8 Å². The van der Waals surface area contributed by atoms with E-state index in [0.717, 1.165) is 31.0 Å². The number of unbranched alkanes of at least 4 members (excludes halogenated alkanes) is 1. The lowest BCUT2D eigenvalue weighted by molar-refractivity contribution is 0.103. The lowest BCUT2D eigenvalue weighted by Gasteiger charge is -2.22. The number of nitrogens with zero attached hydrogens (tertiary/aromatic N) is 1. The van der Waals surface area contributed by atoms with E-state index in [0.29, 0.717) is 16.9 Å². The fraction of sp³-hybridized carbons (Fsp3) is 0.333. The Bertz CT molecular complexity index is 1510. The zero-order valence-corrected chi connectivity index (χ0v) is 23.7. The molecule has 2 aromatic carbocycles. The molecule has 210 valence electrons. The fourth-order valence-electron chi connectivity index (χ4n) is 3.88. The molecule has 12 heteroatoms. The highest BCUT2D eigenvalue weighted by Gasteiger charge is 2.25. The minimum Gasteiger partial charge on any atom is -0.598 e. The predicted octanol–water partition coefficient (Wildman–Crippen LogP) is 4.44. The van der Waals surface area contributed by atoms with Crippen molar-refractivity contribution in [2.24, 2.45) is 7.05 Å². The van der Waals surface area contributed by atoms with E-state index >= 15 is 4.39 Å². The maximum absolute atomic E-state index is 15.2. The minimum atomic E-state index is -3.87. The maximum Gasteiger partial charge on any atom is 0.250 e. The summed E-state index contributed by atoms with van der Waals surface area (Å²) in [5.41, 5.74) is 0.0451. The van der Waals surface area contributed by atoms with Crippen LogP contribution in [0.15, 0.2) is 53.5 Å². The van der Waals surface area contributed by atoms with Crippen LogP contribution < -0.4 is 15.0 Å². The molecule has 2 atom stereocenters. The highest BCUT2D eigenvalue weighted by Crippen LogP contribution is 2.35. The Kier molecular flexibility index (Phi) is 10.1. The van der Waals surface area contributed by atoms with Crippen LogP contribution in [0.2, 0.25) is 0 Å². The van der Waals surface area contributed by atoms with Crippen LogP contribution >= 0.6 is 0 Å². The average molecular weight is 580 g/mol. The van der Waals surface area contributed by atoms with Crippen LogP contribution in [0.4, 0.5) is 14.5 Å². The van der Waals surface area contributed by atoms with Gasteiger partial charge in [0.05, 0.1) is 17.5 Å². The van der Waals surface area contributed by atoms with Crippen molar-refractivity contribution in [2.45, 2.75) is 39.7 Å². The third kappa shape index (κ3) is 7.53. The monoisotopic (exact) mass is 579 g/mol. The van der Waals surface area contributed by atoms with Gasteiger partial charge in [-0.15, -0.1) is 4.72 Å². The third-order valence-electron chi connectivity index (χ3n) is 6.11. The summed E-state index contributed by atoms with van der Waals surface area (Å²) in [5.74, 6) is -2.10. The van der Waals surface area contributed by atoms with E-state index in [4.69, 9.17) is 0 Å². The summed E-state index contributed by atoms with van der Waals surface area (Å²) in [5, 5.41) is 0. The normalized spacial score (nSPS) is 13.2. The highest BCUT2D eigenvalue weighted by atomic mass is 32.2. The molecule has 39 heavy (non-hydrogen) atoms. The second kappa shape index (κ2) is 12.9. The molecule has 1 aromatic heterocycles. The number of rotatable bonds is 12. The number of carbonyl (C=O) groups is 1. The first-order chi connectivity index (χ1) is 18.4. The van der Waals surface area contributed by atoms with Crippen LogP contribution in [-0.4, -0.2) is 34.8 Å². The van der Waals surface area contributed by atoms with Crippen LogP contribution in [0.1, 0.15) is 61.1 Å². The number of hydrogen-bond donors (Lipinski definition) is 2. The van der Waals surface area contributed by atoms with Gasteiger partial charge < -0.3 is 9.12 Å². The number of halogens is 2. The fourth-order valence-corrected chi connectivity index (χ4v) is 5.71. The number of sulfonamides is 1. The minimum absolute atomic E-state index is 0.0807. The van der Waals surface area contributed by atoms with Gasteiger partial charge in [-0.3, -0.25) is 14.3 Å². The van der Waals surface area contributed by atoms with E-state index in [9.17, 15) is 27.0 Å². The molecule has 3 rings (SSSR count). The van der Waals surface area contributed by atoms with Gasteiger partial charge in [-0.25, -0.2) is 17.2 Å². The standard InChI is InChI=1S/C27H31F2N3O5S2/c1-5-7-12-38(35)30-17(3)20-15-26(33)32(4)16-23(20)21-14-25(31-39(36,37)6-2)24(29)13-22(21)27(34)18-8-10-19(28)11-9-18/h8-11,13-17,30-31H,5-7,12H2,1-4H3/t17-,38?/m0/s1. The van der Waals surface area contributed by atoms with Crippen molar-refractivity contribution in [3.05, 3.63) is 87.3 Å². The number of aromatic nitrogens is 1. The van der Waals surface area contributed by atoms with Crippen LogP contribution in [0, 0.1) is 11.6 Å². The Balaban J connectivity index is 2.26. The lowest BCUT2D eigenvalue weighted by Crippen LogP contribution is -2.31. The summed E-state index contributed by atoms with van der Waals surface area (Å²) in [6, 6.07) is 7.54. The van der Waals surface area contributed by atoms with Gasteiger partial charge >= 0.3 is 0 Å². The topological polar surface area (TPSA) is 120 Å². The first-order valence-corrected chi connectivity index (χ1v) is 15.3. The SMILES string of the molecule is CCCC[S+]([O-])N[C@@H](C)c1cc(=O)n(C)cc1-c1cc(NS(=O)(=O)CC)c(F)cc1C(=O)c1ccc(F)cc1. The van der Waals surface area contributed by atoms with E-state index in [1.807, 2.05) is 6.92 Å². The van der Waals surface area contributed by atoms with Crippen molar-refractivity contribution in [1.29, 1.82) is 0 Å². The second-order valence-electron chi connectivity index (χ2n) is 9.05. The lowest BCUT2D eigenvalue weighted by atomic mass is 9.90. The average Bonchev–Trinajstić information content (AvgIpc) is 2.89. The first-order valence-electron chi connectivity index (χ1n) is 12.4. The summed E-state index contributed by atoms with van der Waals surface area (Å²) in [6.45, 7) is 5.07. The van der Waals surface area contributed by atoms with Crippen molar-refractivity contribution in [3.8, 4) is 11.1 Å². The zero-order valence-electron chi connectivity index (χ0n) is 22.1. The molecule has 0 spiro atoms. The Labute approximate surface area is 229 Å². The van der Waals surface area contributed by atoms with Crippen molar-refractivity contribution >= 4 is 32.9 Å². The molecule has 0 saturated heterocycles. The molecule has 0 radical (unpaired) electrons. The van der Waals surface area contributed by atoms with Crippen molar-refractivity contribution in [3.63, 3.8) is 0 Å². The number of ketones is 1. The molecular weight excluding hydrogens is 548 g/mol. The summed E-state index contributed by atoms with van der Waals surface area (Å²) >= 11 is -1.41. The molecule has 2 N–H and O–H groups in total. The van der Waals surface area contributed by atoms with Crippen LogP contribution in [0.3, 0.4) is 0 Å². The van der Waals surface area contributed by atoms with E-state index in [2.05, 4.69) is 9.44 Å². The number of anilines is 1. The van der Waals surface area contributed by atoms with Gasteiger partial charge in [0.15, 0.2) is 5.78 Å². The van der Waals surface area contributed by atoms with Crippen molar-refractivity contribution in [1.82, 2.24) is 9.29 Å². The van der Waals surface area contributed by atoms with Gasteiger partial charge in [-0.1, -0.05) is 13.3 Å². The van der Waals surface area contributed by atoms with Gasteiger partial charge in [0, 0.05) is 47.4 Å². The summed E-state index contributed by atoms with van der Waals surface area (Å²) in [7, 11) is -2.38. The molecule has 0 aliphatic carbocycles. The number of benzene rings is 2. The maximum atomic E-state index is 15.2. The number of nitrogens with one attached hydrogen (secondary N) is 2. The molecule has 0 fully saturated rings. The molecule has 8 nitrogen and oxygen atoms in total. The molecule has 3 aromatic rings. The van der Waals surface area contributed by atoms with Crippen LogP contribution in [-0.2, 0) is 28.4 Å². The summed E-state index contributed by atoms with van der Waals surface area (Å²) in [6.07, 6.45) is 3.03. The van der Waals surface area contributed by atoms with Gasteiger partial charge in [-0.2, -0.15) is 0 Å². The van der Waals surface area contributed by atoms with Gasteiger partial charge in [0.25, 0.3) is 5.56 Å². The Morgan fingerprint density at radius 1 is 1.10 bits per heavy atom. The quantitative estimate of drug-likeness (QED) is 0.242. The highest BCUT2D eigenvalue weighted by molar-refractivity contribution is 7.92. The van der Waals surface area contributed by atoms with Crippen molar-refractivity contribution < 1.29 is 26.5 Å². The Hall–Kier alpha value is -3.06. The Morgan fingerprint density at radius 3 is 2.38 bits per heavy atom. The molecule has 0 amide bonds. The zero-order chi connectivity index (χ0) is 28.9. The van der Waals surface area contributed by atoms with Gasteiger partial charge in [0.1, 0.15) is 17.4 Å². The van der Waals surface area contributed by atoms with Crippen molar-refractivity contribution in [2.75, 3.05) is 16.2 Å². The number of hydrogen-bond acceptors (Lipinski definition) is 6. The number of pyridine rings is 1. The molecule has 1 heterocycles. The molecule has 0 aliphatic rings. The molecular formula is C27H31F2N3O5S2. The number of carbonyl (C=O) groups excluding carboxylic acids is 1. The number of aryl methyl sites for hydroxylation is 1. The molecule has 1 unspecified atom stereocenters. The molecule has 0 aliphatic heterocycles. The molecule has 0 saturated carbocycles.